The minimum atomic E-state index is -0.309. The van der Waals surface area contributed by atoms with Crippen LogP contribution in [0.15, 0.2) is 24.4 Å². The Balaban J connectivity index is 2.45. The number of nitrogens with zero attached hydrogens (tertiary/aromatic N) is 2. The van der Waals surface area contributed by atoms with Gasteiger partial charge in [0.05, 0.1) is 19.3 Å². The summed E-state index contributed by atoms with van der Waals surface area (Å²) in [5.74, 6) is 0.712. The predicted molar refractivity (Wildman–Crippen MR) is 81.3 cm³/mol. The van der Waals surface area contributed by atoms with Crippen LogP contribution in [0.1, 0.15) is 36.2 Å². The van der Waals surface area contributed by atoms with Gasteiger partial charge in [-0.3, -0.25) is 4.68 Å². The van der Waals surface area contributed by atoms with Crippen molar-refractivity contribution >= 4 is 11.6 Å². The molecule has 1 aromatic carbocycles. The molecule has 1 heterocycles. The van der Waals surface area contributed by atoms with Gasteiger partial charge in [0.25, 0.3) is 0 Å². The van der Waals surface area contributed by atoms with Crippen LogP contribution in [0, 0.1) is 6.92 Å². The molecular weight excluding hydrogens is 274 g/mol. The molecule has 0 amide bonds. The van der Waals surface area contributed by atoms with Crippen molar-refractivity contribution in [2.45, 2.75) is 32.9 Å². The Labute approximate surface area is 124 Å². The van der Waals surface area contributed by atoms with Gasteiger partial charge in [0.1, 0.15) is 5.69 Å². The first-order valence-electron chi connectivity index (χ1n) is 6.69. The first kappa shape index (κ1) is 14.9. The Hall–Kier alpha value is -1.52. The van der Waals surface area contributed by atoms with Gasteiger partial charge in [-0.05, 0) is 36.6 Å². The maximum absolute atomic E-state index is 6.41. The van der Waals surface area contributed by atoms with Crippen molar-refractivity contribution in [3.63, 3.8) is 0 Å². The average Bonchev–Trinajstić information content (AvgIpc) is 2.80. The number of ether oxygens (including phenoxy) is 1. The molecule has 20 heavy (non-hydrogen) atoms. The highest BCUT2D eigenvalue weighted by molar-refractivity contribution is 6.30. The average molecular weight is 294 g/mol. The van der Waals surface area contributed by atoms with Crippen LogP contribution in [0.5, 0.6) is 5.75 Å². The van der Waals surface area contributed by atoms with Gasteiger partial charge in [-0.2, -0.15) is 5.10 Å². The van der Waals surface area contributed by atoms with Crippen LogP contribution >= 0.6 is 11.6 Å². The van der Waals surface area contributed by atoms with E-state index in [0.717, 1.165) is 29.8 Å². The number of aromatic nitrogens is 2. The number of nitrogens with two attached hydrogens (primary N) is 1. The molecule has 1 aromatic heterocycles. The van der Waals surface area contributed by atoms with E-state index in [1.54, 1.807) is 13.3 Å². The first-order valence-corrected chi connectivity index (χ1v) is 7.07. The zero-order valence-electron chi connectivity index (χ0n) is 12.1. The normalized spacial score (nSPS) is 12.4. The lowest BCUT2D eigenvalue weighted by Gasteiger charge is -2.17. The quantitative estimate of drug-likeness (QED) is 0.920. The van der Waals surface area contributed by atoms with E-state index >= 15 is 0 Å². The second-order valence-electron chi connectivity index (χ2n) is 4.86. The van der Waals surface area contributed by atoms with E-state index in [4.69, 9.17) is 22.1 Å². The molecule has 0 bridgehead atoms. The van der Waals surface area contributed by atoms with Crippen molar-refractivity contribution in [2.75, 3.05) is 7.11 Å². The minimum Gasteiger partial charge on any atom is -0.493 e. The molecule has 5 heteroatoms. The number of rotatable bonds is 5. The summed E-state index contributed by atoms with van der Waals surface area (Å²) < 4.78 is 7.28. The molecule has 0 fully saturated rings. The Kier molecular flexibility index (Phi) is 4.68. The van der Waals surface area contributed by atoms with Crippen LogP contribution in [0.3, 0.4) is 0 Å². The number of hydrogen-bond donors (Lipinski definition) is 1. The van der Waals surface area contributed by atoms with Crippen molar-refractivity contribution in [3.8, 4) is 5.75 Å². The lowest BCUT2D eigenvalue weighted by molar-refractivity contribution is 0.404. The summed E-state index contributed by atoms with van der Waals surface area (Å²) in [4.78, 5) is 0. The van der Waals surface area contributed by atoms with Crippen molar-refractivity contribution < 1.29 is 4.74 Å². The summed E-state index contributed by atoms with van der Waals surface area (Å²) in [7, 11) is 1.63. The lowest BCUT2D eigenvalue weighted by Crippen LogP contribution is -2.18. The molecule has 0 saturated heterocycles. The van der Waals surface area contributed by atoms with Crippen LogP contribution in [-0.2, 0) is 6.54 Å². The number of halogens is 1. The SMILES string of the molecule is CCCn1ncc(OC)c1C(N)c1cc(C)cc(Cl)c1. The van der Waals surface area contributed by atoms with Gasteiger partial charge >= 0.3 is 0 Å². The molecule has 0 radical (unpaired) electrons. The Morgan fingerprint density at radius 1 is 1.40 bits per heavy atom. The molecule has 1 atom stereocenters. The van der Waals surface area contributed by atoms with Gasteiger partial charge < -0.3 is 10.5 Å². The maximum Gasteiger partial charge on any atom is 0.161 e. The van der Waals surface area contributed by atoms with E-state index in [1.165, 1.54) is 0 Å². The standard InChI is InChI=1S/C15H20ClN3O/c1-4-5-19-15(13(20-3)9-18-19)14(17)11-6-10(2)7-12(16)8-11/h6-9,14H,4-5,17H2,1-3H3. The summed E-state index contributed by atoms with van der Waals surface area (Å²) in [5, 5.41) is 5.04. The number of hydrogen-bond acceptors (Lipinski definition) is 3. The van der Waals surface area contributed by atoms with Crippen LogP contribution in [0.4, 0.5) is 0 Å². The topological polar surface area (TPSA) is 53.1 Å². The van der Waals surface area contributed by atoms with Crippen molar-refractivity contribution in [1.82, 2.24) is 9.78 Å². The van der Waals surface area contributed by atoms with Crippen LogP contribution in [-0.4, -0.2) is 16.9 Å². The van der Waals surface area contributed by atoms with E-state index in [9.17, 15) is 0 Å². The third-order valence-electron chi connectivity index (χ3n) is 3.22. The van der Waals surface area contributed by atoms with E-state index in [-0.39, 0.29) is 6.04 Å². The van der Waals surface area contributed by atoms with E-state index in [2.05, 4.69) is 12.0 Å². The van der Waals surface area contributed by atoms with Gasteiger partial charge in [0, 0.05) is 11.6 Å². The van der Waals surface area contributed by atoms with Gasteiger partial charge in [0.15, 0.2) is 5.75 Å². The molecule has 2 rings (SSSR count). The monoisotopic (exact) mass is 293 g/mol. The highest BCUT2D eigenvalue weighted by Gasteiger charge is 2.20. The second kappa shape index (κ2) is 6.29. The lowest BCUT2D eigenvalue weighted by atomic mass is 10.0. The molecule has 0 spiro atoms. The van der Waals surface area contributed by atoms with E-state index in [1.807, 2.05) is 29.8 Å². The van der Waals surface area contributed by atoms with Gasteiger partial charge in [-0.1, -0.05) is 24.6 Å². The molecule has 2 N–H and O–H groups in total. The smallest absolute Gasteiger partial charge is 0.161 e. The number of aryl methyl sites for hydroxylation is 2. The Bertz CT molecular complexity index is 575. The van der Waals surface area contributed by atoms with Crippen LogP contribution in [0.25, 0.3) is 0 Å². The first-order chi connectivity index (χ1) is 9.56. The van der Waals surface area contributed by atoms with Crippen LogP contribution in [0.2, 0.25) is 5.02 Å². The molecule has 0 aliphatic rings. The fourth-order valence-electron chi connectivity index (χ4n) is 2.34. The van der Waals surface area contributed by atoms with Crippen molar-refractivity contribution in [3.05, 3.63) is 46.2 Å². The fourth-order valence-corrected chi connectivity index (χ4v) is 2.64. The maximum atomic E-state index is 6.41. The van der Waals surface area contributed by atoms with Crippen molar-refractivity contribution in [1.29, 1.82) is 0 Å². The molecular formula is C15H20ClN3O. The summed E-state index contributed by atoms with van der Waals surface area (Å²) >= 11 is 6.12. The number of methoxy groups -OCH3 is 1. The molecule has 0 saturated carbocycles. The summed E-state index contributed by atoms with van der Waals surface area (Å²) in [6.45, 7) is 4.92. The predicted octanol–water partition coefficient (Wildman–Crippen LogP) is 3.31. The highest BCUT2D eigenvalue weighted by Crippen LogP contribution is 2.30. The summed E-state index contributed by atoms with van der Waals surface area (Å²) in [5.41, 5.74) is 9.34. The molecule has 4 nitrogen and oxygen atoms in total. The summed E-state index contributed by atoms with van der Waals surface area (Å²) in [6.07, 6.45) is 2.70. The van der Waals surface area contributed by atoms with Crippen molar-refractivity contribution in [2.24, 2.45) is 5.73 Å². The van der Waals surface area contributed by atoms with Crippen LogP contribution < -0.4 is 10.5 Å². The molecule has 0 aliphatic carbocycles. The molecule has 2 aromatic rings. The zero-order valence-corrected chi connectivity index (χ0v) is 12.8. The summed E-state index contributed by atoms with van der Waals surface area (Å²) in [6, 6.07) is 5.54. The van der Waals surface area contributed by atoms with E-state index in [0.29, 0.717) is 10.8 Å². The second-order valence-corrected chi connectivity index (χ2v) is 5.30. The highest BCUT2D eigenvalue weighted by atomic mass is 35.5. The van der Waals surface area contributed by atoms with Gasteiger partial charge in [0.2, 0.25) is 0 Å². The zero-order chi connectivity index (χ0) is 14.7. The minimum absolute atomic E-state index is 0.309. The Morgan fingerprint density at radius 2 is 2.15 bits per heavy atom. The molecule has 108 valence electrons. The third kappa shape index (κ3) is 2.97. The Morgan fingerprint density at radius 3 is 2.75 bits per heavy atom. The number of benzene rings is 1. The fraction of sp³-hybridized carbons (Fsp3) is 0.400. The van der Waals surface area contributed by atoms with Gasteiger partial charge in [-0.25, -0.2) is 0 Å². The third-order valence-corrected chi connectivity index (χ3v) is 3.44. The largest absolute Gasteiger partial charge is 0.493 e. The molecule has 1 unspecified atom stereocenters. The molecule has 0 aliphatic heterocycles. The van der Waals surface area contributed by atoms with E-state index < -0.39 is 0 Å². The van der Waals surface area contributed by atoms with Gasteiger partial charge in [-0.15, -0.1) is 0 Å².